The van der Waals surface area contributed by atoms with E-state index in [4.69, 9.17) is 0 Å². The van der Waals surface area contributed by atoms with Crippen LogP contribution in [-0.2, 0) is 18.7 Å². The first-order chi connectivity index (χ1) is 14.8. The molecule has 0 bridgehead atoms. The quantitative estimate of drug-likeness (QED) is 0.375. The maximum absolute atomic E-state index is 14.5. The van der Waals surface area contributed by atoms with Crippen LogP contribution in [0.5, 0.6) is 0 Å². The number of thioether (sulfide) groups is 1. The SMILES string of the molecule is N#Cc1ccccc1CSc1nnc(-c2ccccc2F)n1CCc1ccccc1. The molecule has 0 atom stereocenters. The Balaban J connectivity index is 1.64. The number of aromatic nitrogens is 3. The molecule has 1 aromatic heterocycles. The summed E-state index contributed by atoms with van der Waals surface area (Å²) in [7, 11) is 0. The number of halogens is 1. The molecule has 0 saturated carbocycles. The van der Waals surface area contributed by atoms with Crippen LogP contribution >= 0.6 is 11.8 Å². The average Bonchev–Trinajstić information content (AvgIpc) is 3.20. The lowest BCUT2D eigenvalue weighted by atomic mass is 10.1. The van der Waals surface area contributed by atoms with E-state index in [-0.39, 0.29) is 5.82 Å². The van der Waals surface area contributed by atoms with Gasteiger partial charge in [0.2, 0.25) is 0 Å². The summed E-state index contributed by atoms with van der Waals surface area (Å²) in [5.41, 5.74) is 3.21. The van der Waals surface area contributed by atoms with E-state index >= 15 is 0 Å². The lowest BCUT2D eigenvalue weighted by Crippen LogP contribution is -2.06. The molecule has 0 fully saturated rings. The van der Waals surface area contributed by atoms with Crippen LogP contribution in [0, 0.1) is 17.1 Å². The molecule has 0 unspecified atom stereocenters. The number of hydrogen-bond donors (Lipinski definition) is 0. The van der Waals surface area contributed by atoms with Crippen molar-refractivity contribution in [2.45, 2.75) is 23.9 Å². The summed E-state index contributed by atoms with van der Waals surface area (Å²) in [4.78, 5) is 0. The Morgan fingerprint density at radius 1 is 0.900 bits per heavy atom. The van der Waals surface area contributed by atoms with Crippen LogP contribution < -0.4 is 0 Å². The van der Waals surface area contributed by atoms with Crippen molar-refractivity contribution >= 4 is 11.8 Å². The van der Waals surface area contributed by atoms with E-state index in [2.05, 4.69) is 28.4 Å². The fourth-order valence-electron chi connectivity index (χ4n) is 3.22. The zero-order valence-corrected chi connectivity index (χ0v) is 17.0. The average molecular weight is 415 g/mol. The topological polar surface area (TPSA) is 54.5 Å². The van der Waals surface area contributed by atoms with Gasteiger partial charge in [0.1, 0.15) is 5.82 Å². The van der Waals surface area contributed by atoms with Gasteiger partial charge in [0, 0.05) is 12.3 Å². The Hall–Kier alpha value is -3.43. The first-order valence-corrected chi connectivity index (χ1v) is 10.6. The van der Waals surface area contributed by atoms with Gasteiger partial charge in [-0.3, -0.25) is 0 Å². The Morgan fingerprint density at radius 3 is 2.43 bits per heavy atom. The number of benzene rings is 3. The van der Waals surface area contributed by atoms with Crippen molar-refractivity contribution in [1.29, 1.82) is 5.26 Å². The predicted octanol–water partition coefficient (Wildman–Crippen LogP) is 5.49. The van der Waals surface area contributed by atoms with E-state index in [9.17, 15) is 9.65 Å². The summed E-state index contributed by atoms with van der Waals surface area (Å²) in [5, 5.41) is 18.7. The molecular weight excluding hydrogens is 395 g/mol. The molecule has 0 N–H and O–H groups in total. The highest BCUT2D eigenvalue weighted by atomic mass is 32.2. The summed E-state index contributed by atoms with van der Waals surface area (Å²) in [6, 6.07) is 26.5. The zero-order valence-electron chi connectivity index (χ0n) is 16.2. The van der Waals surface area contributed by atoms with Crippen LogP contribution in [0.25, 0.3) is 11.4 Å². The molecule has 0 aliphatic carbocycles. The van der Waals surface area contributed by atoms with Crippen LogP contribution in [0.15, 0.2) is 84.0 Å². The molecule has 4 nitrogen and oxygen atoms in total. The second kappa shape index (κ2) is 9.38. The van der Waals surface area contributed by atoms with Crippen molar-refractivity contribution in [3.63, 3.8) is 0 Å². The van der Waals surface area contributed by atoms with Crippen molar-refractivity contribution in [2.75, 3.05) is 0 Å². The van der Waals surface area contributed by atoms with Crippen molar-refractivity contribution in [2.24, 2.45) is 0 Å². The summed E-state index contributed by atoms with van der Waals surface area (Å²) in [6.07, 6.45) is 0.780. The minimum atomic E-state index is -0.322. The molecule has 3 aromatic carbocycles. The molecule has 4 aromatic rings. The van der Waals surface area contributed by atoms with Crippen LogP contribution in [0.2, 0.25) is 0 Å². The predicted molar refractivity (Wildman–Crippen MR) is 116 cm³/mol. The minimum Gasteiger partial charge on any atom is -0.302 e. The van der Waals surface area contributed by atoms with Crippen LogP contribution in [0.1, 0.15) is 16.7 Å². The van der Waals surface area contributed by atoms with Gasteiger partial charge in [-0.2, -0.15) is 5.26 Å². The van der Waals surface area contributed by atoms with E-state index in [1.165, 1.54) is 23.4 Å². The van der Waals surface area contributed by atoms with Gasteiger partial charge in [0.25, 0.3) is 0 Å². The van der Waals surface area contributed by atoms with Gasteiger partial charge in [0.15, 0.2) is 11.0 Å². The number of hydrogen-bond acceptors (Lipinski definition) is 4. The van der Waals surface area contributed by atoms with Gasteiger partial charge in [0.05, 0.1) is 17.2 Å². The fourth-order valence-corrected chi connectivity index (χ4v) is 4.19. The minimum absolute atomic E-state index is 0.322. The molecule has 0 amide bonds. The third-order valence-corrected chi connectivity index (χ3v) is 5.81. The third kappa shape index (κ3) is 4.42. The number of nitrogens with zero attached hydrogens (tertiary/aromatic N) is 4. The van der Waals surface area contributed by atoms with Gasteiger partial charge in [-0.25, -0.2) is 4.39 Å². The Kier molecular flexibility index (Phi) is 6.21. The molecular formula is C24H19FN4S. The normalized spacial score (nSPS) is 10.7. The smallest absolute Gasteiger partial charge is 0.191 e. The highest BCUT2D eigenvalue weighted by Crippen LogP contribution is 2.29. The second-order valence-corrected chi connectivity index (χ2v) is 7.67. The largest absolute Gasteiger partial charge is 0.302 e. The number of rotatable bonds is 7. The molecule has 0 saturated heterocycles. The Bertz CT molecular complexity index is 1180. The molecule has 0 aliphatic heterocycles. The molecule has 148 valence electrons. The van der Waals surface area contributed by atoms with Gasteiger partial charge < -0.3 is 4.57 Å². The van der Waals surface area contributed by atoms with E-state index < -0.39 is 0 Å². The maximum atomic E-state index is 14.5. The van der Waals surface area contributed by atoms with E-state index in [0.29, 0.717) is 34.4 Å². The first kappa shape index (κ1) is 19.9. The van der Waals surface area contributed by atoms with Crippen molar-refractivity contribution in [3.05, 3.63) is 101 Å². The lowest BCUT2D eigenvalue weighted by molar-refractivity contribution is 0.616. The summed E-state index contributed by atoms with van der Waals surface area (Å²) < 4.78 is 16.4. The van der Waals surface area contributed by atoms with Crippen LogP contribution in [0.3, 0.4) is 0 Å². The summed E-state index contributed by atoms with van der Waals surface area (Å²) in [6.45, 7) is 0.628. The zero-order chi connectivity index (χ0) is 20.8. The lowest BCUT2D eigenvalue weighted by Gasteiger charge is -2.11. The standard InChI is InChI=1S/C24H19FN4S/c25-22-13-7-6-12-21(22)23-27-28-24(29(23)15-14-18-8-2-1-3-9-18)30-17-20-11-5-4-10-19(20)16-26/h1-13H,14-15,17H2. The molecule has 4 rings (SSSR count). The van der Waals surface area contributed by atoms with Gasteiger partial charge in [-0.05, 0) is 35.7 Å². The highest BCUT2D eigenvalue weighted by molar-refractivity contribution is 7.98. The van der Waals surface area contributed by atoms with E-state index in [0.717, 1.165) is 12.0 Å². The Morgan fingerprint density at radius 2 is 1.63 bits per heavy atom. The first-order valence-electron chi connectivity index (χ1n) is 9.59. The van der Waals surface area contributed by atoms with Crippen molar-refractivity contribution < 1.29 is 4.39 Å². The summed E-state index contributed by atoms with van der Waals surface area (Å²) >= 11 is 1.50. The molecule has 6 heteroatoms. The van der Waals surface area contributed by atoms with Crippen molar-refractivity contribution in [1.82, 2.24) is 14.8 Å². The fraction of sp³-hybridized carbons (Fsp3) is 0.125. The van der Waals surface area contributed by atoms with Gasteiger partial charge in [-0.1, -0.05) is 72.4 Å². The molecule has 0 aliphatic rings. The monoisotopic (exact) mass is 414 g/mol. The van der Waals surface area contributed by atoms with Gasteiger partial charge in [-0.15, -0.1) is 10.2 Å². The molecule has 0 radical (unpaired) electrons. The number of aryl methyl sites for hydroxylation is 1. The van der Waals surface area contributed by atoms with Gasteiger partial charge >= 0.3 is 0 Å². The highest BCUT2D eigenvalue weighted by Gasteiger charge is 2.17. The maximum Gasteiger partial charge on any atom is 0.191 e. The van der Waals surface area contributed by atoms with Crippen LogP contribution in [0.4, 0.5) is 4.39 Å². The van der Waals surface area contributed by atoms with E-state index in [1.54, 1.807) is 24.3 Å². The summed E-state index contributed by atoms with van der Waals surface area (Å²) in [5.74, 6) is 0.780. The number of nitriles is 1. The van der Waals surface area contributed by atoms with Crippen molar-refractivity contribution in [3.8, 4) is 17.5 Å². The molecule has 0 spiro atoms. The Labute approximate surface area is 179 Å². The molecule has 30 heavy (non-hydrogen) atoms. The second-order valence-electron chi connectivity index (χ2n) is 6.73. The molecule has 1 heterocycles. The van der Waals surface area contributed by atoms with E-state index in [1.807, 2.05) is 41.0 Å². The van der Waals surface area contributed by atoms with Crippen LogP contribution in [-0.4, -0.2) is 14.8 Å². The third-order valence-electron chi connectivity index (χ3n) is 4.79.